The maximum absolute atomic E-state index is 12.5. The zero-order valence-corrected chi connectivity index (χ0v) is 17.6. The van der Waals surface area contributed by atoms with Crippen molar-refractivity contribution in [2.75, 3.05) is 39.3 Å². The van der Waals surface area contributed by atoms with Crippen LogP contribution in [0.3, 0.4) is 0 Å². The van der Waals surface area contributed by atoms with Crippen molar-refractivity contribution in [2.45, 2.75) is 53.0 Å². The molecule has 1 rings (SSSR count). The van der Waals surface area contributed by atoms with Gasteiger partial charge in [0.2, 0.25) is 5.91 Å². The van der Waals surface area contributed by atoms with Gasteiger partial charge < -0.3 is 20.2 Å². The molecular formula is C21H36N4O3. The Morgan fingerprint density at radius 3 is 2.32 bits per heavy atom. The standard InChI is InChI=1S/C21H36N4O3/c1-4-7-11-24(12-8-5-2)13-14-25(6-3)20(26)17-22-16-19-15-18(21(27)28)9-10-23-19/h9-10,15,22H,4-8,11-14,16-17H2,1-3H3,(H,27,28). The molecular weight excluding hydrogens is 356 g/mol. The molecule has 0 spiro atoms. The van der Waals surface area contributed by atoms with Crippen LogP contribution in [0, 0.1) is 0 Å². The van der Waals surface area contributed by atoms with Crippen molar-refractivity contribution in [1.82, 2.24) is 20.1 Å². The van der Waals surface area contributed by atoms with Gasteiger partial charge in [-0.25, -0.2) is 4.79 Å². The number of carbonyl (C=O) groups excluding carboxylic acids is 1. The Morgan fingerprint density at radius 2 is 1.75 bits per heavy atom. The van der Waals surface area contributed by atoms with Gasteiger partial charge in [-0.15, -0.1) is 0 Å². The fourth-order valence-corrected chi connectivity index (χ4v) is 2.94. The Kier molecular flexibility index (Phi) is 12.1. The predicted octanol–water partition coefficient (Wildman–Crippen LogP) is 2.62. The number of hydrogen-bond donors (Lipinski definition) is 2. The minimum absolute atomic E-state index is 0.0582. The van der Waals surface area contributed by atoms with E-state index in [0.717, 1.165) is 26.2 Å². The Hall–Kier alpha value is -1.99. The third-order valence-electron chi connectivity index (χ3n) is 4.72. The molecule has 2 N–H and O–H groups in total. The van der Waals surface area contributed by atoms with Crippen LogP contribution in [0.4, 0.5) is 0 Å². The summed E-state index contributed by atoms with van der Waals surface area (Å²) in [4.78, 5) is 32.0. The number of hydrogen-bond acceptors (Lipinski definition) is 5. The average molecular weight is 393 g/mol. The largest absolute Gasteiger partial charge is 0.478 e. The van der Waals surface area contributed by atoms with Crippen LogP contribution in [0.15, 0.2) is 18.3 Å². The number of carbonyl (C=O) groups is 2. The maximum Gasteiger partial charge on any atom is 0.335 e. The van der Waals surface area contributed by atoms with Gasteiger partial charge in [-0.2, -0.15) is 0 Å². The molecule has 158 valence electrons. The van der Waals surface area contributed by atoms with Crippen molar-refractivity contribution in [1.29, 1.82) is 0 Å². The zero-order chi connectivity index (χ0) is 20.8. The third-order valence-corrected chi connectivity index (χ3v) is 4.72. The van der Waals surface area contributed by atoms with E-state index in [0.29, 0.717) is 18.8 Å². The van der Waals surface area contributed by atoms with Crippen LogP contribution in [0.5, 0.6) is 0 Å². The molecule has 1 amide bonds. The van der Waals surface area contributed by atoms with Crippen LogP contribution < -0.4 is 5.32 Å². The molecule has 7 heteroatoms. The van der Waals surface area contributed by atoms with Crippen LogP contribution >= 0.6 is 0 Å². The summed E-state index contributed by atoms with van der Waals surface area (Å²) >= 11 is 0. The molecule has 0 fully saturated rings. The number of aromatic nitrogens is 1. The first-order valence-corrected chi connectivity index (χ1v) is 10.4. The molecule has 7 nitrogen and oxygen atoms in total. The van der Waals surface area contributed by atoms with Crippen molar-refractivity contribution < 1.29 is 14.7 Å². The quantitative estimate of drug-likeness (QED) is 0.477. The van der Waals surface area contributed by atoms with Gasteiger partial charge in [-0.1, -0.05) is 26.7 Å². The second-order valence-electron chi connectivity index (χ2n) is 6.97. The molecule has 0 aliphatic rings. The predicted molar refractivity (Wildman–Crippen MR) is 111 cm³/mol. The molecule has 1 heterocycles. The van der Waals surface area contributed by atoms with E-state index in [1.807, 2.05) is 11.8 Å². The summed E-state index contributed by atoms with van der Waals surface area (Å²) < 4.78 is 0. The van der Waals surface area contributed by atoms with Crippen molar-refractivity contribution in [2.24, 2.45) is 0 Å². The monoisotopic (exact) mass is 392 g/mol. The van der Waals surface area contributed by atoms with Gasteiger partial charge >= 0.3 is 5.97 Å². The van der Waals surface area contributed by atoms with Crippen molar-refractivity contribution in [3.8, 4) is 0 Å². The van der Waals surface area contributed by atoms with Gasteiger partial charge in [0.25, 0.3) is 0 Å². The third kappa shape index (κ3) is 9.28. The summed E-state index contributed by atoms with van der Waals surface area (Å²) in [6, 6.07) is 2.98. The molecule has 0 atom stereocenters. The van der Waals surface area contributed by atoms with E-state index in [9.17, 15) is 9.59 Å². The molecule has 0 aliphatic heterocycles. The van der Waals surface area contributed by atoms with Crippen LogP contribution in [-0.4, -0.2) is 71.0 Å². The van der Waals surface area contributed by atoms with Crippen LogP contribution in [0.25, 0.3) is 0 Å². The lowest BCUT2D eigenvalue weighted by atomic mass is 10.2. The Morgan fingerprint density at radius 1 is 1.07 bits per heavy atom. The van der Waals surface area contributed by atoms with Crippen LogP contribution in [-0.2, 0) is 11.3 Å². The van der Waals surface area contributed by atoms with Crippen molar-refractivity contribution in [3.05, 3.63) is 29.6 Å². The highest BCUT2D eigenvalue weighted by Gasteiger charge is 2.13. The molecule has 0 aromatic carbocycles. The van der Waals surface area contributed by atoms with Gasteiger partial charge in [-0.05, 0) is 45.0 Å². The SMILES string of the molecule is CCCCN(CCCC)CCN(CC)C(=O)CNCc1cc(C(=O)O)ccn1. The number of aromatic carboxylic acids is 1. The molecule has 0 saturated heterocycles. The molecule has 0 unspecified atom stereocenters. The summed E-state index contributed by atoms with van der Waals surface area (Å²) in [5.41, 5.74) is 0.814. The smallest absolute Gasteiger partial charge is 0.335 e. The van der Waals surface area contributed by atoms with Crippen LogP contribution in [0.2, 0.25) is 0 Å². The molecule has 0 aliphatic carbocycles. The van der Waals surface area contributed by atoms with E-state index in [-0.39, 0.29) is 18.0 Å². The van der Waals surface area contributed by atoms with Crippen molar-refractivity contribution in [3.63, 3.8) is 0 Å². The lowest BCUT2D eigenvalue weighted by Crippen LogP contribution is -2.42. The first-order chi connectivity index (χ1) is 13.5. The number of pyridine rings is 1. The van der Waals surface area contributed by atoms with Gasteiger partial charge in [-0.3, -0.25) is 9.78 Å². The van der Waals surface area contributed by atoms with Gasteiger partial charge in [0.1, 0.15) is 0 Å². The van der Waals surface area contributed by atoms with Crippen molar-refractivity contribution >= 4 is 11.9 Å². The molecule has 1 aromatic rings. The highest BCUT2D eigenvalue weighted by molar-refractivity contribution is 5.87. The lowest BCUT2D eigenvalue weighted by molar-refractivity contribution is -0.130. The summed E-state index contributed by atoms with van der Waals surface area (Å²) in [6.45, 7) is 11.5. The van der Waals surface area contributed by atoms with Gasteiger partial charge in [0.05, 0.1) is 17.8 Å². The second kappa shape index (κ2) is 14.1. The summed E-state index contributed by atoms with van der Waals surface area (Å²) in [5.74, 6) is -0.921. The van der Waals surface area contributed by atoms with Gasteiger partial charge in [0.15, 0.2) is 0 Å². The Balaban J connectivity index is 2.44. The highest BCUT2D eigenvalue weighted by atomic mass is 16.4. The van der Waals surface area contributed by atoms with E-state index in [1.165, 1.54) is 44.0 Å². The van der Waals surface area contributed by atoms with E-state index >= 15 is 0 Å². The first kappa shape index (κ1) is 24.0. The topological polar surface area (TPSA) is 85.8 Å². The number of nitrogens with one attached hydrogen (secondary N) is 1. The fraction of sp³-hybridized carbons (Fsp3) is 0.667. The highest BCUT2D eigenvalue weighted by Crippen LogP contribution is 2.03. The molecule has 0 saturated carbocycles. The number of nitrogens with zero attached hydrogens (tertiary/aromatic N) is 3. The number of unbranched alkanes of at least 4 members (excludes halogenated alkanes) is 2. The van der Waals surface area contributed by atoms with E-state index in [4.69, 9.17) is 5.11 Å². The lowest BCUT2D eigenvalue weighted by Gasteiger charge is -2.27. The molecule has 0 radical (unpaired) electrons. The second-order valence-corrected chi connectivity index (χ2v) is 6.97. The van der Waals surface area contributed by atoms with Crippen LogP contribution in [0.1, 0.15) is 62.5 Å². The Bertz CT molecular complexity index is 587. The summed E-state index contributed by atoms with van der Waals surface area (Å²) in [6.07, 6.45) is 6.21. The number of carboxylic acid groups (broad SMARTS) is 1. The maximum atomic E-state index is 12.5. The number of likely N-dealkylation sites (N-methyl/N-ethyl adjacent to an activating group) is 1. The van der Waals surface area contributed by atoms with E-state index in [1.54, 1.807) is 0 Å². The molecule has 0 bridgehead atoms. The normalized spacial score (nSPS) is 11.0. The minimum Gasteiger partial charge on any atom is -0.478 e. The van der Waals surface area contributed by atoms with E-state index in [2.05, 4.69) is 29.0 Å². The number of amides is 1. The zero-order valence-electron chi connectivity index (χ0n) is 17.6. The molecule has 28 heavy (non-hydrogen) atoms. The number of carboxylic acids is 1. The molecule has 1 aromatic heterocycles. The summed E-state index contributed by atoms with van der Waals surface area (Å²) in [7, 11) is 0. The fourth-order valence-electron chi connectivity index (χ4n) is 2.94. The van der Waals surface area contributed by atoms with E-state index < -0.39 is 5.97 Å². The minimum atomic E-state index is -0.979. The van der Waals surface area contributed by atoms with Gasteiger partial charge in [0, 0.05) is 32.4 Å². The summed E-state index contributed by atoms with van der Waals surface area (Å²) in [5, 5.41) is 12.1. The first-order valence-electron chi connectivity index (χ1n) is 10.4. The number of rotatable bonds is 15. The average Bonchev–Trinajstić information content (AvgIpc) is 2.70. The Labute approximate surface area is 169 Å².